The van der Waals surface area contributed by atoms with Gasteiger partial charge in [-0.05, 0) is 38.3 Å². The van der Waals surface area contributed by atoms with Crippen LogP contribution in [0.4, 0.5) is 8.78 Å². The highest BCUT2D eigenvalue weighted by atomic mass is 19.1. The first-order valence-electron chi connectivity index (χ1n) is 8.96. The summed E-state index contributed by atoms with van der Waals surface area (Å²) in [4.78, 5) is 11.6. The Morgan fingerprint density at radius 2 is 1.93 bits per heavy atom. The van der Waals surface area contributed by atoms with Crippen LogP contribution in [-0.2, 0) is 17.8 Å². The summed E-state index contributed by atoms with van der Waals surface area (Å²) in [6.07, 6.45) is 2.21. The highest BCUT2D eigenvalue weighted by Crippen LogP contribution is 2.38. The van der Waals surface area contributed by atoms with Gasteiger partial charge >= 0.3 is 5.97 Å². The second kappa shape index (κ2) is 6.51. The number of carbonyl (C=O) groups is 1. The lowest BCUT2D eigenvalue weighted by atomic mass is 9.98. The lowest BCUT2D eigenvalue weighted by Gasteiger charge is -2.16. The van der Waals surface area contributed by atoms with E-state index in [-0.39, 0.29) is 23.9 Å². The van der Waals surface area contributed by atoms with Crippen LogP contribution in [0.25, 0.3) is 0 Å². The molecule has 1 saturated carbocycles. The number of fused-ring (bicyclic) bond motifs is 1. The normalized spacial score (nSPS) is 17.2. The second-order valence-electron chi connectivity index (χ2n) is 7.63. The molecule has 0 spiro atoms. The molecule has 0 atom stereocenters. The Morgan fingerprint density at radius 1 is 1.22 bits per heavy atom. The molecule has 27 heavy (non-hydrogen) atoms. The van der Waals surface area contributed by atoms with Gasteiger partial charge in [0.2, 0.25) is 0 Å². The van der Waals surface area contributed by atoms with Crippen molar-refractivity contribution in [3.8, 4) is 17.2 Å². The van der Waals surface area contributed by atoms with Gasteiger partial charge in [0.05, 0.1) is 5.92 Å². The first-order chi connectivity index (χ1) is 12.8. The lowest BCUT2D eigenvalue weighted by Crippen LogP contribution is -2.24. The van der Waals surface area contributed by atoms with E-state index in [9.17, 15) is 13.6 Å². The molecule has 0 bridgehead atoms. The van der Waals surface area contributed by atoms with Crippen LogP contribution in [0.1, 0.15) is 37.8 Å². The third-order valence-corrected chi connectivity index (χ3v) is 4.69. The Hall–Kier alpha value is -2.63. The molecule has 1 aliphatic carbocycles. The fourth-order valence-electron chi connectivity index (χ4n) is 3.20. The van der Waals surface area contributed by atoms with Crippen molar-refractivity contribution in [2.75, 3.05) is 0 Å². The van der Waals surface area contributed by atoms with E-state index in [1.54, 1.807) is 0 Å². The molecule has 1 heterocycles. The molecule has 2 aliphatic rings. The first kappa shape index (κ1) is 17.8. The van der Waals surface area contributed by atoms with Crippen LogP contribution in [0.2, 0.25) is 0 Å². The van der Waals surface area contributed by atoms with Crippen molar-refractivity contribution in [1.82, 2.24) is 0 Å². The van der Waals surface area contributed by atoms with E-state index in [4.69, 9.17) is 14.2 Å². The Bertz CT molecular complexity index is 880. The Balaban J connectivity index is 1.49. The van der Waals surface area contributed by atoms with Crippen molar-refractivity contribution in [2.45, 2.75) is 45.3 Å². The van der Waals surface area contributed by atoms with Crippen LogP contribution in [0, 0.1) is 17.6 Å². The van der Waals surface area contributed by atoms with Gasteiger partial charge in [-0.3, -0.25) is 4.79 Å². The van der Waals surface area contributed by atoms with Crippen LogP contribution in [-0.4, -0.2) is 11.6 Å². The Kier molecular flexibility index (Phi) is 4.29. The van der Waals surface area contributed by atoms with E-state index in [1.165, 1.54) is 0 Å². The smallest absolute Gasteiger partial charge is 0.314 e. The Morgan fingerprint density at radius 3 is 2.59 bits per heavy atom. The SMILES string of the molecule is CC1(C)Cc2c(COc3c(F)cc(OC(=O)C4CC4)cc3F)cccc2O1. The summed E-state index contributed by atoms with van der Waals surface area (Å²) in [7, 11) is 0. The average molecular weight is 374 g/mol. The van der Waals surface area contributed by atoms with E-state index < -0.39 is 23.4 Å². The molecule has 0 aromatic heterocycles. The fourth-order valence-corrected chi connectivity index (χ4v) is 3.20. The fraction of sp³-hybridized carbons (Fsp3) is 0.381. The molecular weight excluding hydrogens is 354 g/mol. The molecule has 1 aliphatic heterocycles. The average Bonchev–Trinajstić information content (AvgIpc) is 3.36. The third kappa shape index (κ3) is 3.75. The summed E-state index contributed by atoms with van der Waals surface area (Å²) in [5.74, 6) is -2.29. The maximum Gasteiger partial charge on any atom is 0.314 e. The summed E-state index contributed by atoms with van der Waals surface area (Å²) in [5.41, 5.74) is 1.49. The number of halogens is 2. The molecule has 1 fully saturated rings. The number of rotatable bonds is 5. The minimum Gasteiger partial charge on any atom is -0.487 e. The second-order valence-corrected chi connectivity index (χ2v) is 7.63. The van der Waals surface area contributed by atoms with Crippen molar-refractivity contribution < 1.29 is 27.8 Å². The number of carbonyl (C=O) groups excluding carboxylic acids is 1. The maximum atomic E-state index is 14.3. The topological polar surface area (TPSA) is 44.8 Å². The summed E-state index contributed by atoms with van der Waals surface area (Å²) < 4.78 is 44.9. The van der Waals surface area contributed by atoms with Gasteiger partial charge in [-0.1, -0.05) is 12.1 Å². The van der Waals surface area contributed by atoms with Gasteiger partial charge in [-0.15, -0.1) is 0 Å². The van der Waals surface area contributed by atoms with E-state index >= 15 is 0 Å². The lowest BCUT2D eigenvalue weighted by molar-refractivity contribution is -0.135. The van der Waals surface area contributed by atoms with Crippen LogP contribution < -0.4 is 14.2 Å². The predicted molar refractivity (Wildman–Crippen MR) is 93.9 cm³/mol. The third-order valence-electron chi connectivity index (χ3n) is 4.69. The van der Waals surface area contributed by atoms with Gasteiger partial charge < -0.3 is 14.2 Å². The monoisotopic (exact) mass is 374 g/mol. The van der Waals surface area contributed by atoms with Gasteiger partial charge in [0.1, 0.15) is 23.7 Å². The van der Waals surface area contributed by atoms with Crippen molar-refractivity contribution in [1.29, 1.82) is 0 Å². The van der Waals surface area contributed by atoms with Crippen LogP contribution in [0.5, 0.6) is 17.2 Å². The number of ether oxygens (including phenoxy) is 3. The van der Waals surface area contributed by atoms with E-state index in [1.807, 2.05) is 32.0 Å². The van der Waals surface area contributed by atoms with Crippen LogP contribution in [0.15, 0.2) is 30.3 Å². The number of benzene rings is 2. The Labute approximate surface area is 156 Å². The summed E-state index contributed by atoms with van der Waals surface area (Å²) in [6.45, 7) is 3.98. The quantitative estimate of drug-likeness (QED) is 0.568. The first-order valence-corrected chi connectivity index (χ1v) is 8.96. The molecule has 142 valence electrons. The molecule has 4 rings (SSSR count). The van der Waals surface area contributed by atoms with E-state index in [0.717, 1.165) is 41.9 Å². The van der Waals surface area contributed by atoms with Crippen molar-refractivity contribution in [3.05, 3.63) is 53.1 Å². The summed E-state index contributed by atoms with van der Waals surface area (Å²) in [6, 6.07) is 7.50. The van der Waals surface area contributed by atoms with Gasteiger partial charge in [0.25, 0.3) is 0 Å². The minimum atomic E-state index is -0.905. The number of esters is 1. The standard InChI is InChI=1S/C21H20F2O4/c1-21(2)10-15-13(4-3-5-18(15)27-21)11-25-19-16(22)8-14(9-17(19)23)26-20(24)12-6-7-12/h3-5,8-9,12H,6-7,10-11H2,1-2H3. The molecule has 0 N–H and O–H groups in total. The molecule has 0 radical (unpaired) electrons. The van der Waals surface area contributed by atoms with E-state index in [2.05, 4.69) is 0 Å². The van der Waals surface area contributed by atoms with Crippen molar-refractivity contribution in [2.24, 2.45) is 5.92 Å². The maximum absolute atomic E-state index is 14.3. The molecule has 6 heteroatoms. The zero-order valence-corrected chi connectivity index (χ0v) is 15.2. The zero-order valence-electron chi connectivity index (χ0n) is 15.2. The molecule has 0 amide bonds. The van der Waals surface area contributed by atoms with Gasteiger partial charge in [-0.25, -0.2) is 8.78 Å². The predicted octanol–water partition coefficient (Wildman–Crippen LogP) is 4.57. The van der Waals surface area contributed by atoms with Crippen molar-refractivity contribution >= 4 is 5.97 Å². The summed E-state index contributed by atoms with van der Waals surface area (Å²) >= 11 is 0. The number of hydrogen-bond acceptors (Lipinski definition) is 4. The van der Waals surface area contributed by atoms with Gasteiger partial charge in [-0.2, -0.15) is 0 Å². The van der Waals surface area contributed by atoms with Gasteiger partial charge in [0.15, 0.2) is 17.4 Å². The van der Waals surface area contributed by atoms with E-state index in [0.29, 0.717) is 6.42 Å². The molecule has 4 nitrogen and oxygen atoms in total. The minimum absolute atomic E-state index is 0.0116. The molecular formula is C21H20F2O4. The molecule has 0 saturated heterocycles. The van der Waals surface area contributed by atoms with Gasteiger partial charge in [0, 0.05) is 24.1 Å². The molecule has 2 aromatic rings. The highest BCUT2D eigenvalue weighted by Gasteiger charge is 2.33. The zero-order chi connectivity index (χ0) is 19.2. The molecule has 2 aromatic carbocycles. The van der Waals surface area contributed by atoms with Crippen molar-refractivity contribution in [3.63, 3.8) is 0 Å². The molecule has 0 unspecified atom stereocenters. The van der Waals surface area contributed by atoms with Crippen LogP contribution in [0.3, 0.4) is 0 Å². The van der Waals surface area contributed by atoms with Crippen LogP contribution >= 0.6 is 0 Å². The number of hydrogen-bond donors (Lipinski definition) is 0. The summed E-state index contributed by atoms with van der Waals surface area (Å²) in [5, 5.41) is 0. The largest absolute Gasteiger partial charge is 0.487 e. The highest BCUT2D eigenvalue weighted by molar-refractivity contribution is 5.77.